The van der Waals surface area contributed by atoms with Crippen LogP contribution in [0.5, 0.6) is 0 Å². The van der Waals surface area contributed by atoms with Crippen LogP contribution in [-0.4, -0.2) is 26.5 Å². The van der Waals surface area contributed by atoms with E-state index in [4.69, 9.17) is 0 Å². The van der Waals surface area contributed by atoms with Gasteiger partial charge in [0, 0.05) is 14.5 Å². The van der Waals surface area contributed by atoms with Gasteiger partial charge >= 0.3 is 0 Å². The molecule has 0 aliphatic carbocycles. The number of benzene rings is 2. The van der Waals surface area contributed by atoms with Crippen molar-refractivity contribution >= 4 is 10.8 Å². The van der Waals surface area contributed by atoms with E-state index in [2.05, 4.69) is 52.0 Å². The third kappa shape index (κ3) is 5.84. The fourth-order valence-electron chi connectivity index (χ4n) is 3.74. The molecule has 0 aromatic heterocycles. The van der Waals surface area contributed by atoms with Gasteiger partial charge in [-0.15, -0.1) is 10.8 Å². The van der Waals surface area contributed by atoms with Gasteiger partial charge in [0.05, 0.1) is 4.90 Å². The maximum atomic E-state index is 10.9. The number of aryl methyl sites for hydroxylation is 2. The van der Waals surface area contributed by atoms with Crippen LogP contribution in [0.4, 0.5) is 0 Å². The van der Waals surface area contributed by atoms with Crippen LogP contribution in [0.1, 0.15) is 70.5 Å². The Hall–Kier alpha value is -1.33. The monoisotopic (exact) mass is 405 g/mol. The van der Waals surface area contributed by atoms with Gasteiger partial charge in [-0.05, 0) is 67.3 Å². The Morgan fingerprint density at radius 1 is 0.964 bits per heavy atom. The van der Waals surface area contributed by atoms with Crippen LogP contribution in [0.2, 0.25) is 0 Å². The van der Waals surface area contributed by atoms with Crippen molar-refractivity contribution in [2.45, 2.75) is 70.6 Å². The summed E-state index contributed by atoms with van der Waals surface area (Å²) in [7, 11) is -2.89. The lowest BCUT2D eigenvalue weighted by molar-refractivity contribution is 0.353. The van der Waals surface area contributed by atoms with Crippen molar-refractivity contribution in [3.63, 3.8) is 0 Å². The van der Waals surface area contributed by atoms with Crippen LogP contribution < -0.4 is 0 Å². The lowest BCUT2D eigenvalue weighted by Crippen LogP contribution is -2.28. The SMILES string of the molecule is CCC.CCc1ccc(S(O)(O)N2CCC[C@H](c3ccccc3C)CC2)cc1.[HH]. The molecule has 28 heavy (non-hydrogen) atoms. The molecule has 1 saturated heterocycles. The first kappa shape index (κ1) is 23.0. The zero-order valence-electron chi connectivity index (χ0n) is 17.9. The Kier molecular flexibility index (Phi) is 9.03. The van der Waals surface area contributed by atoms with Crippen LogP contribution >= 0.6 is 10.8 Å². The van der Waals surface area contributed by atoms with E-state index < -0.39 is 10.8 Å². The van der Waals surface area contributed by atoms with E-state index >= 15 is 0 Å². The molecule has 1 aliphatic heterocycles. The first-order valence-electron chi connectivity index (χ1n) is 10.6. The van der Waals surface area contributed by atoms with E-state index in [1.165, 1.54) is 23.1 Å². The third-order valence-electron chi connectivity index (χ3n) is 5.32. The lowest BCUT2D eigenvalue weighted by atomic mass is 9.89. The molecule has 1 aliphatic rings. The second-order valence-electron chi connectivity index (χ2n) is 7.64. The quantitative estimate of drug-likeness (QED) is 0.553. The zero-order chi connectivity index (χ0) is 20.6. The molecule has 3 rings (SSSR count). The Bertz CT molecular complexity index is 721. The minimum absolute atomic E-state index is 0. The van der Waals surface area contributed by atoms with Gasteiger partial charge in [0.15, 0.2) is 0 Å². The summed E-state index contributed by atoms with van der Waals surface area (Å²) in [6.07, 6.45) is 5.27. The second kappa shape index (κ2) is 11.0. The molecule has 158 valence electrons. The summed E-state index contributed by atoms with van der Waals surface area (Å²) in [5, 5.41) is 0. The Balaban J connectivity index is 0.000000990. The standard InChI is InChI=1S/C21H29NO2S.C3H8.H2/c1-3-18-10-12-20(13-11-18)25(23,24)22-15-6-8-19(14-16-22)21-9-5-4-7-17(21)2;1-3-2;/h4-5,7,9-13,19,23-24H,3,6,8,14-16H2,1-2H3;3H2,1-2H3;1H/t19-;;/m0../s1. The second-order valence-corrected chi connectivity index (χ2v) is 9.66. The average Bonchev–Trinajstić information content (AvgIpc) is 2.96. The van der Waals surface area contributed by atoms with Crippen molar-refractivity contribution < 1.29 is 10.5 Å². The highest BCUT2D eigenvalue weighted by Crippen LogP contribution is 2.52. The fourth-order valence-corrected chi connectivity index (χ4v) is 5.28. The zero-order valence-corrected chi connectivity index (χ0v) is 18.7. The van der Waals surface area contributed by atoms with Gasteiger partial charge < -0.3 is 0 Å². The smallest absolute Gasteiger partial charge is 0.0752 e. The summed E-state index contributed by atoms with van der Waals surface area (Å²) in [5.74, 6) is 0.504. The molecule has 1 atom stereocenters. The molecule has 1 heterocycles. The van der Waals surface area contributed by atoms with Gasteiger partial charge in [-0.25, -0.2) is 4.31 Å². The van der Waals surface area contributed by atoms with Crippen molar-refractivity contribution in [2.24, 2.45) is 0 Å². The molecule has 0 spiro atoms. The van der Waals surface area contributed by atoms with Gasteiger partial charge in [-0.2, -0.15) is 0 Å². The molecule has 2 aromatic rings. The number of hydrogen-bond acceptors (Lipinski definition) is 3. The average molecular weight is 406 g/mol. The number of nitrogens with zero attached hydrogens (tertiary/aromatic N) is 1. The first-order valence-corrected chi connectivity index (χ1v) is 12.1. The maximum Gasteiger partial charge on any atom is 0.0752 e. The molecular weight excluding hydrogens is 366 g/mol. The Labute approximate surface area is 174 Å². The molecule has 2 aromatic carbocycles. The molecule has 0 bridgehead atoms. The molecular formula is C24H39NO2S. The molecule has 0 unspecified atom stereocenters. The van der Waals surface area contributed by atoms with Crippen molar-refractivity contribution in [3.05, 3.63) is 65.2 Å². The largest absolute Gasteiger partial charge is 0.281 e. The van der Waals surface area contributed by atoms with E-state index in [1.54, 1.807) is 0 Å². The number of hydrogen-bond donors (Lipinski definition) is 2. The van der Waals surface area contributed by atoms with E-state index in [1.807, 2.05) is 28.6 Å². The van der Waals surface area contributed by atoms with Crippen LogP contribution in [0.15, 0.2) is 53.4 Å². The topological polar surface area (TPSA) is 43.7 Å². The van der Waals surface area contributed by atoms with E-state index in [0.717, 1.165) is 38.8 Å². The highest BCUT2D eigenvalue weighted by atomic mass is 32.3. The van der Waals surface area contributed by atoms with Crippen molar-refractivity contribution in [1.29, 1.82) is 0 Å². The summed E-state index contributed by atoms with van der Waals surface area (Å²) in [4.78, 5) is 0.638. The van der Waals surface area contributed by atoms with Gasteiger partial charge in [-0.3, -0.25) is 9.11 Å². The van der Waals surface area contributed by atoms with Crippen LogP contribution in [0.3, 0.4) is 0 Å². The van der Waals surface area contributed by atoms with E-state index in [9.17, 15) is 9.11 Å². The minimum Gasteiger partial charge on any atom is -0.281 e. The molecule has 0 amide bonds. The third-order valence-corrected chi connectivity index (χ3v) is 7.31. The Morgan fingerprint density at radius 2 is 1.61 bits per heavy atom. The normalized spacial score (nSPS) is 18.7. The van der Waals surface area contributed by atoms with Gasteiger partial charge in [0.2, 0.25) is 0 Å². The highest BCUT2D eigenvalue weighted by molar-refractivity contribution is 8.22. The molecule has 2 N–H and O–H groups in total. The van der Waals surface area contributed by atoms with Gasteiger partial charge in [0.25, 0.3) is 0 Å². The minimum atomic E-state index is -2.89. The predicted octanol–water partition coefficient (Wildman–Crippen LogP) is 7.51. The van der Waals surface area contributed by atoms with Crippen molar-refractivity contribution in [2.75, 3.05) is 13.1 Å². The van der Waals surface area contributed by atoms with E-state index in [-0.39, 0.29) is 1.43 Å². The van der Waals surface area contributed by atoms with E-state index in [0.29, 0.717) is 10.8 Å². The van der Waals surface area contributed by atoms with Gasteiger partial charge in [-0.1, -0.05) is 63.6 Å². The van der Waals surface area contributed by atoms with Crippen molar-refractivity contribution in [3.8, 4) is 0 Å². The van der Waals surface area contributed by atoms with Gasteiger partial charge in [0.1, 0.15) is 0 Å². The highest BCUT2D eigenvalue weighted by Gasteiger charge is 2.28. The summed E-state index contributed by atoms with van der Waals surface area (Å²) in [6, 6.07) is 16.3. The molecule has 4 heteroatoms. The fraction of sp³-hybridized carbons (Fsp3) is 0.500. The van der Waals surface area contributed by atoms with Crippen LogP contribution in [0.25, 0.3) is 0 Å². The summed E-state index contributed by atoms with van der Waals surface area (Å²) >= 11 is 0. The summed E-state index contributed by atoms with van der Waals surface area (Å²) in [6.45, 7) is 9.98. The molecule has 1 fully saturated rings. The van der Waals surface area contributed by atoms with Crippen LogP contribution in [0, 0.1) is 6.92 Å². The maximum absolute atomic E-state index is 10.9. The molecule has 0 saturated carbocycles. The summed E-state index contributed by atoms with van der Waals surface area (Å²) < 4.78 is 23.6. The summed E-state index contributed by atoms with van der Waals surface area (Å²) in [5.41, 5.74) is 3.96. The Morgan fingerprint density at radius 3 is 2.21 bits per heavy atom. The predicted molar refractivity (Wildman–Crippen MR) is 124 cm³/mol. The molecule has 0 radical (unpaired) electrons. The van der Waals surface area contributed by atoms with Crippen LogP contribution in [-0.2, 0) is 6.42 Å². The number of rotatable bonds is 4. The first-order chi connectivity index (χ1) is 13.4. The lowest BCUT2D eigenvalue weighted by Gasteiger charge is -2.42. The van der Waals surface area contributed by atoms with Crippen molar-refractivity contribution in [1.82, 2.24) is 4.31 Å². The molecule has 3 nitrogen and oxygen atoms in total.